The van der Waals surface area contributed by atoms with Crippen LogP contribution in [0.5, 0.6) is 11.5 Å². The molecular weight excluding hydrogens is 427 g/mol. The predicted octanol–water partition coefficient (Wildman–Crippen LogP) is 5.27. The van der Waals surface area contributed by atoms with Crippen molar-refractivity contribution < 1.29 is 19.1 Å². The lowest BCUT2D eigenvalue weighted by Gasteiger charge is -2.10. The van der Waals surface area contributed by atoms with Gasteiger partial charge in [-0.25, -0.2) is 0 Å². The number of ether oxygens (including phenoxy) is 2. The zero-order chi connectivity index (χ0) is 21.5. The minimum atomic E-state index is -0.344. The van der Waals surface area contributed by atoms with E-state index in [2.05, 4.69) is 10.6 Å². The number of carbonyl (C=O) groups is 2. The fraction of sp³-hybridized carbons (Fsp3) is 0.0909. The number of anilines is 2. The van der Waals surface area contributed by atoms with Crippen LogP contribution in [0.15, 0.2) is 66.7 Å². The molecule has 0 spiro atoms. The highest BCUT2D eigenvalue weighted by molar-refractivity contribution is 6.35. The molecule has 2 N–H and O–H groups in total. The molecule has 0 fully saturated rings. The van der Waals surface area contributed by atoms with Crippen LogP contribution in [0, 0.1) is 0 Å². The average molecular weight is 445 g/mol. The molecule has 3 aromatic carbocycles. The number of benzene rings is 3. The van der Waals surface area contributed by atoms with E-state index in [4.69, 9.17) is 32.7 Å². The maximum Gasteiger partial charge on any atom is 0.262 e. The largest absolute Gasteiger partial charge is 0.497 e. The van der Waals surface area contributed by atoms with E-state index in [9.17, 15) is 9.59 Å². The third-order valence-corrected chi connectivity index (χ3v) is 4.60. The van der Waals surface area contributed by atoms with Gasteiger partial charge >= 0.3 is 0 Å². The van der Waals surface area contributed by atoms with E-state index >= 15 is 0 Å². The fourth-order valence-corrected chi connectivity index (χ4v) is 2.85. The van der Waals surface area contributed by atoms with E-state index in [1.54, 1.807) is 73.8 Å². The first-order valence-corrected chi connectivity index (χ1v) is 9.63. The van der Waals surface area contributed by atoms with Gasteiger partial charge in [0.2, 0.25) is 0 Å². The topological polar surface area (TPSA) is 76.7 Å². The Bertz CT molecular complexity index is 1040. The summed E-state index contributed by atoms with van der Waals surface area (Å²) in [5.74, 6) is 0.503. The van der Waals surface area contributed by atoms with Gasteiger partial charge in [0.1, 0.15) is 11.5 Å². The van der Waals surface area contributed by atoms with Crippen LogP contribution in [0.1, 0.15) is 10.4 Å². The second kappa shape index (κ2) is 10.0. The lowest BCUT2D eigenvalue weighted by molar-refractivity contribution is -0.118. The first-order chi connectivity index (χ1) is 14.4. The Morgan fingerprint density at radius 1 is 0.867 bits per heavy atom. The Hall–Kier alpha value is -3.22. The number of carbonyl (C=O) groups excluding carboxylic acids is 2. The van der Waals surface area contributed by atoms with Gasteiger partial charge in [-0.05, 0) is 66.7 Å². The van der Waals surface area contributed by atoms with Crippen LogP contribution in [0.25, 0.3) is 0 Å². The molecule has 0 aromatic heterocycles. The molecule has 0 radical (unpaired) electrons. The zero-order valence-electron chi connectivity index (χ0n) is 15.9. The molecule has 0 atom stereocenters. The molecule has 154 valence electrons. The monoisotopic (exact) mass is 444 g/mol. The van der Waals surface area contributed by atoms with Crippen molar-refractivity contribution in [2.24, 2.45) is 0 Å². The van der Waals surface area contributed by atoms with Gasteiger partial charge in [-0.1, -0.05) is 23.2 Å². The summed E-state index contributed by atoms with van der Waals surface area (Å²) < 4.78 is 10.5. The number of rotatable bonds is 7. The molecule has 0 aliphatic heterocycles. The summed E-state index contributed by atoms with van der Waals surface area (Å²) in [6.45, 7) is -0.171. The van der Waals surface area contributed by atoms with Crippen molar-refractivity contribution in [3.63, 3.8) is 0 Å². The van der Waals surface area contributed by atoms with Crippen LogP contribution in [0.4, 0.5) is 11.4 Å². The first kappa shape index (κ1) is 21.5. The molecule has 30 heavy (non-hydrogen) atoms. The Kier molecular flexibility index (Phi) is 7.17. The Balaban J connectivity index is 1.52. The molecule has 0 aliphatic rings. The van der Waals surface area contributed by atoms with Crippen molar-refractivity contribution in [3.05, 3.63) is 82.3 Å². The van der Waals surface area contributed by atoms with Gasteiger partial charge in [-0.15, -0.1) is 0 Å². The molecule has 8 heteroatoms. The van der Waals surface area contributed by atoms with Gasteiger partial charge in [-0.3, -0.25) is 9.59 Å². The quantitative estimate of drug-likeness (QED) is 0.520. The second-order valence-electron chi connectivity index (χ2n) is 6.17. The van der Waals surface area contributed by atoms with Crippen LogP contribution in [-0.2, 0) is 4.79 Å². The van der Waals surface area contributed by atoms with E-state index in [1.807, 2.05) is 0 Å². The fourth-order valence-electron chi connectivity index (χ4n) is 2.51. The number of hydrogen-bond donors (Lipinski definition) is 2. The average Bonchev–Trinajstić information content (AvgIpc) is 2.75. The summed E-state index contributed by atoms with van der Waals surface area (Å²) >= 11 is 12.0. The lowest BCUT2D eigenvalue weighted by Crippen LogP contribution is -2.20. The van der Waals surface area contributed by atoms with Gasteiger partial charge in [0.05, 0.1) is 17.8 Å². The van der Waals surface area contributed by atoms with Crippen molar-refractivity contribution >= 4 is 46.4 Å². The normalized spacial score (nSPS) is 10.2. The number of nitrogens with one attached hydrogen (secondary N) is 2. The third-order valence-electron chi connectivity index (χ3n) is 4.04. The van der Waals surface area contributed by atoms with Crippen molar-refractivity contribution in [2.75, 3.05) is 24.4 Å². The summed E-state index contributed by atoms with van der Waals surface area (Å²) in [6, 6.07) is 18.2. The molecule has 3 rings (SSSR count). The van der Waals surface area contributed by atoms with Gasteiger partial charge in [0.15, 0.2) is 6.61 Å². The number of methoxy groups -OCH3 is 1. The second-order valence-corrected chi connectivity index (χ2v) is 7.01. The zero-order valence-corrected chi connectivity index (χ0v) is 17.5. The van der Waals surface area contributed by atoms with Gasteiger partial charge in [0.25, 0.3) is 11.8 Å². The maximum absolute atomic E-state index is 12.4. The molecule has 3 aromatic rings. The van der Waals surface area contributed by atoms with Crippen LogP contribution >= 0.6 is 23.2 Å². The van der Waals surface area contributed by atoms with Crippen molar-refractivity contribution in [3.8, 4) is 11.5 Å². The summed E-state index contributed by atoms with van der Waals surface area (Å²) in [5.41, 5.74) is 1.46. The highest BCUT2D eigenvalue weighted by Crippen LogP contribution is 2.26. The summed E-state index contributed by atoms with van der Waals surface area (Å²) in [7, 11) is 1.57. The lowest BCUT2D eigenvalue weighted by atomic mass is 10.2. The van der Waals surface area contributed by atoms with Gasteiger partial charge < -0.3 is 20.1 Å². The van der Waals surface area contributed by atoms with Crippen LogP contribution < -0.4 is 20.1 Å². The van der Waals surface area contributed by atoms with E-state index in [-0.39, 0.29) is 18.4 Å². The Labute approximate surface area is 183 Å². The Morgan fingerprint density at radius 2 is 1.53 bits per heavy atom. The molecule has 0 heterocycles. The van der Waals surface area contributed by atoms with E-state index in [0.29, 0.717) is 38.5 Å². The summed E-state index contributed by atoms with van der Waals surface area (Å²) in [5, 5.41) is 6.28. The molecule has 0 saturated heterocycles. The highest BCUT2D eigenvalue weighted by Gasteiger charge is 2.10. The van der Waals surface area contributed by atoms with Crippen molar-refractivity contribution in [2.45, 2.75) is 0 Å². The van der Waals surface area contributed by atoms with Crippen molar-refractivity contribution in [1.29, 1.82) is 0 Å². The van der Waals surface area contributed by atoms with Crippen LogP contribution in [-0.4, -0.2) is 25.5 Å². The maximum atomic E-state index is 12.4. The minimum Gasteiger partial charge on any atom is -0.497 e. The third kappa shape index (κ3) is 5.89. The molecule has 0 bridgehead atoms. The van der Waals surface area contributed by atoms with Gasteiger partial charge in [0, 0.05) is 16.3 Å². The van der Waals surface area contributed by atoms with Gasteiger partial charge in [-0.2, -0.15) is 0 Å². The van der Waals surface area contributed by atoms with Crippen LogP contribution in [0.2, 0.25) is 10.0 Å². The number of amides is 2. The standard InChI is InChI=1S/C22H18Cl2N2O4/c1-29-17-9-5-16(6-10-17)25-21(27)13-30-18-7-2-14(3-8-18)22(28)26-20-12-15(23)4-11-19(20)24/h2-12H,13H2,1H3,(H,25,27)(H,26,28). The molecule has 6 nitrogen and oxygen atoms in total. The van der Waals surface area contributed by atoms with E-state index < -0.39 is 0 Å². The minimum absolute atomic E-state index is 0.171. The van der Waals surface area contributed by atoms with E-state index in [1.165, 1.54) is 0 Å². The number of hydrogen-bond acceptors (Lipinski definition) is 4. The molecule has 0 unspecified atom stereocenters. The molecule has 0 aliphatic carbocycles. The van der Waals surface area contributed by atoms with E-state index in [0.717, 1.165) is 0 Å². The summed E-state index contributed by atoms with van der Waals surface area (Å²) in [4.78, 5) is 24.4. The SMILES string of the molecule is COc1ccc(NC(=O)COc2ccc(C(=O)Nc3cc(Cl)ccc3Cl)cc2)cc1. The van der Waals surface area contributed by atoms with Crippen LogP contribution in [0.3, 0.4) is 0 Å². The Morgan fingerprint density at radius 3 is 2.20 bits per heavy atom. The molecule has 2 amide bonds. The first-order valence-electron chi connectivity index (χ1n) is 8.88. The number of halogens is 2. The smallest absolute Gasteiger partial charge is 0.262 e. The highest BCUT2D eigenvalue weighted by atomic mass is 35.5. The summed E-state index contributed by atoms with van der Waals surface area (Å²) in [6.07, 6.45) is 0. The predicted molar refractivity (Wildman–Crippen MR) is 118 cm³/mol. The molecular formula is C22H18Cl2N2O4. The molecule has 0 saturated carbocycles. The van der Waals surface area contributed by atoms with Crippen molar-refractivity contribution in [1.82, 2.24) is 0 Å².